The van der Waals surface area contributed by atoms with Crippen molar-refractivity contribution in [3.8, 4) is 11.4 Å². The molecule has 7 heteroatoms. The standard InChI is InChI=1S/C20H20ClN5O/c1-11(27)23-19-13-9-26(10-14(13)19)18-7-12(15(21)8-22-18)20-24-16-5-3-4-6-17(16)25(20)2/h3-8,13-14,19H,9-10H2,1-2H3,(H,23,27). The SMILES string of the molecule is CC(=O)NC1C2CN(c3cc(-c4nc5ccccc5n4C)c(Cl)cn3)CC21. The van der Waals surface area contributed by atoms with E-state index in [0.717, 1.165) is 41.3 Å². The van der Waals surface area contributed by atoms with E-state index in [1.165, 1.54) is 0 Å². The molecule has 1 saturated heterocycles. The molecule has 2 unspecified atom stereocenters. The number of hydrogen-bond donors (Lipinski definition) is 1. The third kappa shape index (κ3) is 2.67. The van der Waals surface area contributed by atoms with Crippen LogP contribution in [-0.4, -0.2) is 39.6 Å². The Morgan fingerprint density at radius 2 is 2.00 bits per heavy atom. The van der Waals surface area contributed by atoms with Crippen molar-refractivity contribution >= 4 is 34.4 Å². The molecule has 1 aliphatic heterocycles. The quantitative estimate of drug-likeness (QED) is 0.757. The summed E-state index contributed by atoms with van der Waals surface area (Å²) in [6.07, 6.45) is 1.71. The highest BCUT2D eigenvalue weighted by molar-refractivity contribution is 6.33. The predicted octanol–water partition coefficient (Wildman–Crippen LogP) is 2.86. The highest BCUT2D eigenvalue weighted by Crippen LogP contribution is 2.47. The zero-order valence-electron chi connectivity index (χ0n) is 15.2. The normalized spacial score (nSPS) is 23.5. The van der Waals surface area contributed by atoms with Gasteiger partial charge in [0, 0.05) is 56.7 Å². The molecular formula is C20H20ClN5O. The number of hydrogen-bond acceptors (Lipinski definition) is 4. The van der Waals surface area contributed by atoms with Crippen LogP contribution in [0.4, 0.5) is 5.82 Å². The third-order valence-electron chi connectivity index (χ3n) is 5.76. The number of benzene rings is 1. The number of aromatic nitrogens is 3. The van der Waals surface area contributed by atoms with Crippen LogP contribution in [0, 0.1) is 11.8 Å². The van der Waals surface area contributed by atoms with Gasteiger partial charge in [0.2, 0.25) is 5.91 Å². The fourth-order valence-electron chi connectivity index (χ4n) is 4.32. The van der Waals surface area contributed by atoms with Crippen LogP contribution >= 0.6 is 11.6 Å². The fourth-order valence-corrected chi connectivity index (χ4v) is 4.51. The summed E-state index contributed by atoms with van der Waals surface area (Å²) in [7, 11) is 2.00. The number of halogens is 1. The minimum absolute atomic E-state index is 0.0507. The van der Waals surface area contributed by atoms with Gasteiger partial charge in [0.1, 0.15) is 11.6 Å². The summed E-state index contributed by atoms with van der Waals surface area (Å²) in [4.78, 5) is 22.8. The Kier molecular flexibility index (Phi) is 3.65. The van der Waals surface area contributed by atoms with Gasteiger partial charge in [-0.2, -0.15) is 0 Å². The van der Waals surface area contributed by atoms with Crippen molar-refractivity contribution in [3.63, 3.8) is 0 Å². The van der Waals surface area contributed by atoms with Crippen molar-refractivity contribution in [2.75, 3.05) is 18.0 Å². The number of imidazole rings is 1. The molecule has 3 heterocycles. The van der Waals surface area contributed by atoms with Crippen molar-refractivity contribution in [2.24, 2.45) is 18.9 Å². The van der Waals surface area contributed by atoms with Crippen LogP contribution in [0.25, 0.3) is 22.4 Å². The molecule has 0 bridgehead atoms. The van der Waals surface area contributed by atoms with E-state index in [2.05, 4.69) is 25.8 Å². The molecule has 1 saturated carbocycles. The van der Waals surface area contributed by atoms with E-state index in [4.69, 9.17) is 16.6 Å². The van der Waals surface area contributed by atoms with Gasteiger partial charge in [0.25, 0.3) is 0 Å². The summed E-state index contributed by atoms with van der Waals surface area (Å²) < 4.78 is 2.06. The van der Waals surface area contributed by atoms with E-state index in [-0.39, 0.29) is 5.91 Å². The molecule has 27 heavy (non-hydrogen) atoms. The van der Waals surface area contributed by atoms with Gasteiger partial charge in [-0.3, -0.25) is 4.79 Å². The van der Waals surface area contributed by atoms with E-state index in [1.54, 1.807) is 13.1 Å². The second-order valence-corrected chi connectivity index (χ2v) is 7.87. The lowest BCUT2D eigenvalue weighted by Gasteiger charge is -2.22. The number of aryl methyl sites for hydroxylation is 1. The summed E-state index contributed by atoms with van der Waals surface area (Å²) in [5.74, 6) is 2.84. The van der Waals surface area contributed by atoms with Gasteiger partial charge in [-0.1, -0.05) is 23.7 Å². The molecule has 138 valence electrons. The van der Waals surface area contributed by atoms with Crippen LogP contribution in [-0.2, 0) is 11.8 Å². The summed E-state index contributed by atoms with van der Waals surface area (Å²) in [6, 6.07) is 10.4. The molecule has 1 aliphatic carbocycles. The minimum Gasteiger partial charge on any atom is -0.356 e. The van der Waals surface area contributed by atoms with E-state index in [9.17, 15) is 4.79 Å². The summed E-state index contributed by atoms with van der Waals surface area (Å²) >= 11 is 6.47. The lowest BCUT2D eigenvalue weighted by atomic mass is 10.2. The number of pyridine rings is 1. The number of para-hydroxylation sites is 2. The maximum Gasteiger partial charge on any atom is 0.217 e. The zero-order chi connectivity index (χ0) is 18.7. The summed E-state index contributed by atoms with van der Waals surface area (Å²) in [5.41, 5.74) is 2.91. The molecule has 1 N–H and O–H groups in total. The Labute approximate surface area is 162 Å². The van der Waals surface area contributed by atoms with E-state index >= 15 is 0 Å². The van der Waals surface area contributed by atoms with Crippen molar-refractivity contribution < 1.29 is 4.79 Å². The Morgan fingerprint density at radius 3 is 2.70 bits per heavy atom. The number of carbonyl (C=O) groups is 1. The number of fused-ring (bicyclic) bond motifs is 2. The lowest BCUT2D eigenvalue weighted by Crippen LogP contribution is -2.33. The first-order valence-corrected chi connectivity index (χ1v) is 9.50. The fraction of sp³-hybridized carbons (Fsp3) is 0.350. The third-order valence-corrected chi connectivity index (χ3v) is 6.06. The van der Waals surface area contributed by atoms with Gasteiger partial charge in [-0.05, 0) is 18.2 Å². The molecule has 2 atom stereocenters. The molecule has 0 radical (unpaired) electrons. The first kappa shape index (κ1) is 16.6. The van der Waals surface area contributed by atoms with E-state index in [1.807, 2.05) is 31.3 Å². The topological polar surface area (TPSA) is 63.1 Å². The second-order valence-electron chi connectivity index (χ2n) is 7.46. The van der Waals surface area contributed by atoms with Gasteiger partial charge in [0.15, 0.2) is 0 Å². The van der Waals surface area contributed by atoms with Crippen LogP contribution in [0.5, 0.6) is 0 Å². The Hall–Kier alpha value is -2.60. The largest absolute Gasteiger partial charge is 0.356 e. The highest BCUT2D eigenvalue weighted by Gasteiger charge is 2.56. The average Bonchev–Trinajstić information content (AvgIpc) is 2.99. The van der Waals surface area contributed by atoms with Gasteiger partial charge in [-0.15, -0.1) is 0 Å². The van der Waals surface area contributed by atoms with Crippen molar-refractivity contribution in [1.29, 1.82) is 0 Å². The van der Waals surface area contributed by atoms with Crippen LogP contribution in [0.1, 0.15) is 6.92 Å². The molecule has 1 amide bonds. The number of nitrogens with one attached hydrogen (secondary N) is 1. The smallest absolute Gasteiger partial charge is 0.217 e. The Bertz CT molecular complexity index is 1050. The number of piperidine rings is 1. The van der Waals surface area contributed by atoms with Gasteiger partial charge in [-0.25, -0.2) is 9.97 Å². The molecule has 2 aliphatic rings. The van der Waals surface area contributed by atoms with Crippen molar-refractivity contribution in [1.82, 2.24) is 19.9 Å². The summed E-state index contributed by atoms with van der Waals surface area (Å²) in [5, 5.41) is 3.63. The minimum atomic E-state index is 0.0507. The zero-order valence-corrected chi connectivity index (χ0v) is 15.9. The predicted molar refractivity (Wildman–Crippen MR) is 106 cm³/mol. The first-order chi connectivity index (χ1) is 13.0. The van der Waals surface area contributed by atoms with E-state index in [0.29, 0.717) is 22.9 Å². The lowest BCUT2D eigenvalue weighted by molar-refractivity contribution is -0.119. The van der Waals surface area contributed by atoms with Crippen molar-refractivity contribution in [2.45, 2.75) is 13.0 Å². The highest BCUT2D eigenvalue weighted by atomic mass is 35.5. The average molecular weight is 382 g/mol. The number of anilines is 1. The molecule has 0 spiro atoms. The number of amides is 1. The Balaban J connectivity index is 1.44. The van der Waals surface area contributed by atoms with Gasteiger partial charge < -0.3 is 14.8 Å². The van der Waals surface area contributed by atoms with Gasteiger partial charge in [0.05, 0.1) is 16.1 Å². The first-order valence-electron chi connectivity index (χ1n) is 9.12. The molecule has 5 rings (SSSR count). The molecule has 2 fully saturated rings. The monoisotopic (exact) mass is 381 g/mol. The molecule has 2 aromatic heterocycles. The number of carbonyl (C=O) groups excluding carboxylic acids is 1. The van der Waals surface area contributed by atoms with Crippen LogP contribution in [0.3, 0.4) is 0 Å². The molecular weight excluding hydrogens is 362 g/mol. The van der Waals surface area contributed by atoms with Crippen LogP contribution in [0.2, 0.25) is 5.02 Å². The number of nitrogens with zero attached hydrogens (tertiary/aromatic N) is 4. The second kappa shape index (κ2) is 5.96. The maximum absolute atomic E-state index is 11.3. The van der Waals surface area contributed by atoms with E-state index < -0.39 is 0 Å². The molecule has 3 aromatic rings. The van der Waals surface area contributed by atoms with Crippen molar-refractivity contribution in [3.05, 3.63) is 41.6 Å². The van der Waals surface area contributed by atoms with Crippen LogP contribution in [0.15, 0.2) is 36.5 Å². The Morgan fingerprint density at radius 1 is 1.26 bits per heavy atom. The van der Waals surface area contributed by atoms with Crippen LogP contribution < -0.4 is 10.2 Å². The maximum atomic E-state index is 11.3. The molecule has 6 nitrogen and oxygen atoms in total. The molecule has 1 aromatic carbocycles. The number of rotatable bonds is 3. The summed E-state index contributed by atoms with van der Waals surface area (Å²) in [6.45, 7) is 3.40. The van der Waals surface area contributed by atoms with Gasteiger partial charge >= 0.3 is 0 Å².